The van der Waals surface area contributed by atoms with E-state index in [-0.39, 0.29) is 5.91 Å². The van der Waals surface area contributed by atoms with Crippen molar-refractivity contribution in [3.8, 4) is 5.75 Å². The standard InChI is InChI=1S/C24H29N5O2.C2HF3O2/c1-18-7-6-8-20(15-18)17-27-24-28-19(2)16-22(29-24)25-12-11-23(30)26-13-14-31-21-9-4-3-5-10-21;3-2(4,5)1(6)7/h3-10,15-16H,11-14,17H2,1-2H3,(H,26,30)(H2,25,27,28,29);(H,6,7). The van der Waals surface area contributed by atoms with Crippen molar-refractivity contribution < 1.29 is 32.6 Å². The summed E-state index contributed by atoms with van der Waals surface area (Å²) in [5.41, 5.74) is 3.25. The van der Waals surface area contributed by atoms with Gasteiger partial charge in [-0.2, -0.15) is 18.2 Å². The summed E-state index contributed by atoms with van der Waals surface area (Å²) in [5.74, 6) is -0.740. The van der Waals surface area contributed by atoms with E-state index < -0.39 is 12.1 Å². The molecule has 204 valence electrons. The van der Waals surface area contributed by atoms with Crippen LogP contribution < -0.4 is 20.7 Å². The number of hydrogen-bond donors (Lipinski definition) is 4. The molecule has 0 spiro atoms. The Kier molecular flexibility index (Phi) is 11.8. The van der Waals surface area contributed by atoms with Gasteiger partial charge in [0.05, 0.1) is 6.54 Å². The Labute approximate surface area is 218 Å². The molecule has 4 N–H and O–H groups in total. The number of anilines is 2. The van der Waals surface area contributed by atoms with Gasteiger partial charge in [0, 0.05) is 31.3 Å². The number of carbonyl (C=O) groups excluding carboxylic acids is 1. The molecule has 9 nitrogen and oxygen atoms in total. The van der Waals surface area contributed by atoms with Gasteiger partial charge in [0.2, 0.25) is 11.9 Å². The first kappa shape index (κ1) is 29.9. The van der Waals surface area contributed by atoms with E-state index in [1.807, 2.05) is 49.4 Å². The molecule has 0 unspecified atom stereocenters. The normalized spacial score (nSPS) is 10.6. The van der Waals surface area contributed by atoms with Crippen LogP contribution in [0.2, 0.25) is 0 Å². The quantitative estimate of drug-likeness (QED) is 0.268. The topological polar surface area (TPSA) is 125 Å². The smallest absolute Gasteiger partial charge is 0.490 e. The van der Waals surface area contributed by atoms with E-state index in [2.05, 4.69) is 51.0 Å². The number of benzene rings is 2. The molecular weight excluding hydrogens is 503 g/mol. The van der Waals surface area contributed by atoms with E-state index in [0.29, 0.717) is 44.4 Å². The van der Waals surface area contributed by atoms with Crippen molar-refractivity contribution in [3.05, 3.63) is 77.5 Å². The number of aliphatic carboxylic acids is 1. The molecule has 0 saturated carbocycles. The Morgan fingerprint density at radius 2 is 1.66 bits per heavy atom. The number of alkyl halides is 3. The molecule has 38 heavy (non-hydrogen) atoms. The lowest BCUT2D eigenvalue weighted by atomic mass is 10.1. The number of aryl methyl sites for hydroxylation is 2. The number of amides is 1. The lowest BCUT2D eigenvalue weighted by molar-refractivity contribution is -0.192. The molecule has 0 radical (unpaired) electrons. The van der Waals surface area contributed by atoms with Gasteiger partial charge in [0.25, 0.3) is 0 Å². The predicted octanol–water partition coefficient (Wildman–Crippen LogP) is 4.34. The molecular formula is C26H30F3N5O4. The fourth-order valence-corrected chi connectivity index (χ4v) is 3.01. The highest BCUT2D eigenvalue weighted by Gasteiger charge is 2.38. The molecule has 3 rings (SSSR count). The van der Waals surface area contributed by atoms with Crippen LogP contribution >= 0.6 is 0 Å². The van der Waals surface area contributed by atoms with E-state index in [1.165, 1.54) is 11.1 Å². The second-order valence-electron chi connectivity index (χ2n) is 8.05. The van der Waals surface area contributed by atoms with Crippen LogP contribution in [0.25, 0.3) is 0 Å². The van der Waals surface area contributed by atoms with Crippen molar-refractivity contribution in [2.75, 3.05) is 30.3 Å². The lowest BCUT2D eigenvalue weighted by Gasteiger charge is -2.11. The number of nitrogens with one attached hydrogen (secondary N) is 3. The van der Waals surface area contributed by atoms with Crippen LogP contribution in [0.5, 0.6) is 5.75 Å². The minimum absolute atomic E-state index is 0.0345. The van der Waals surface area contributed by atoms with Gasteiger partial charge in [-0.05, 0) is 31.5 Å². The molecule has 0 fully saturated rings. The van der Waals surface area contributed by atoms with Crippen molar-refractivity contribution in [1.82, 2.24) is 15.3 Å². The molecule has 0 aliphatic rings. The fraction of sp³-hybridized carbons (Fsp3) is 0.308. The van der Waals surface area contributed by atoms with Gasteiger partial charge in [-0.3, -0.25) is 4.79 Å². The summed E-state index contributed by atoms with van der Waals surface area (Å²) in [4.78, 5) is 29.8. The minimum atomic E-state index is -5.08. The van der Waals surface area contributed by atoms with Gasteiger partial charge in [-0.1, -0.05) is 48.0 Å². The van der Waals surface area contributed by atoms with Crippen LogP contribution in [-0.2, 0) is 16.1 Å². The summed E-state index contributed by atoms with van der Waals surface area (Å²) in [6.45, 7) is 6.03. The number of nitrogens with zero attached hydrogens (tertiary/aromatic N) is 2. The average Bonchev–Trinajstić information content (AvgIpc) is 2.86. The first-order chi connectivity index (χ1) is 18.0. The Morgan fingerprint density at radius 3 is 2.32 bits per heavy atom. The van der Waals surface area contributed by atoms with Gasteiger partial charge in [-0.15, -0.1) is 0 Å². The zero-order chi connectivity index (χ0) is 28.0. The number of ether oxygens (including phenoxy) is 1. The van der Waals surface area contributed by atoms with Crippen molar-refractivity contribution >= 4 is 23.6 Å². The summed E-state index contributed by atoms with van der Waals surface area (Å²) in [5, 5.41) is 16.4. The second kappa shape index (κ2) is 15.0. The van der Waals surface area contributed by atoms with E-state index in [0.717, 1.165) is 11.4 Å². The fourth-order valence-electron chi connectivity index (χ4n) is 3.01. The summed E-state index contributed by atoms with van der Waals surface area (Å²) in [7, 11) is 0. The molecule has 0 aliphatic heterocycles. The Hall–Kier alpha value is -4.35. The van der Waals surface area contributed by atoms with Crippen molar-refractivity contribution in [2.45, 2.75) is 33.0 Å². The van der Waals surface area contributed by atoms with E-state index >= 15 is 0 Å². The van der Waals surface area contributed by atoms with E-state index in [1.54, 1.807) is 0 Å². The third-order valence-electron chi connectivity index (χ3n) is 4.72. The van der Waals surface area contributed by atoms with Crippen molar-refractivity contribution in [2.24, 2.45) is 0 Å². The van der Waals surface area contributed by atoms with Gasteiger partial charge in [0.15, 0.2) is 0 Å². The van der Waals surface area contributed by atoms with E-state index in [9.17, 15) is 18.0 Å². The molecule has 0 aliphatic carbocycles. The highest BCUT2D eigenvalue weighted by molar-refractivity contribution is 5.76. The first-order valence-electron chi connectivity index (χ1n) is 11.7. The zero-order valence-electron chi connectivity index (χ0n) is 21.0. The third-order valence-corrected chi connectivity index (χ3v) is 4.72. The van der Waals surface area contributed by atoms with Gasteiger partial charge in [0.1, 0.15) is 18.2 Å². The lowest BCUT2D eigenvalue weighted by Crippen LogP contribution is -2.29. The molecule has 1 amide bonds. The maximum absolute atomic E-state index is 12.0. The minimum Gasteiger partial charge on any atom is -0.492 e. The number of hydrogen-bond acceptors (Lipinski definition) is 7. The number of para-hydroxylation sites is 1. The molecule has 0 atom stereocenters. The Balaban J connectivity index is 0.000000638. The number of carboxylic acids is 1. The van der Waals surface area contributed by atoms with Crippen molar-refractivity contribution in [1.29, 1.82) is 0 Å². The zero-order valence-corrected chi connectivity index (χ0v) is 21.0. The molecule has 0 bridgehead atoms. The van der Waals surface area contributed by atoms with Crippen LogP contribution in [0.1, 0.15) is 23.2 Å². The molecule has 3 aromatic rings. The third kappa shape index (κ3) is 12.1. The Bertz CT molecular complexity index is 1180. The number of halogens is 3. The summed E-state index contributed by atoms with van der Waals surface area (Å²) >= 11 is 0. The SMILES string of the molecule is Cc1cccc(CNc2nc(C)cc(NCCC(=O)NCCOc3ccccc3)n2)c1.O=C(O)C(F)(F)F. The molecule has 1 heterocycles. The van der Waals surface area contributed by atoms with Crippen LogP contribution in [0, 0.1) is 13.8 Å². The summed E-state index contributed by atoms with van der Waals surface area (Å²) in [6.07, 6.45) is -4.74. The largest absolute Gasteiger partial charge is 0.492 e. The second-order valence-corrected chi connectivity index (χ2v) is 8.05. The van der Waals surface area contributed by atoms with Crippen molar-refractivity contribution in [3.63, 3.8) is 0 Å². The number of carbonyl (C=O) groups is 2. The monoisotopic (exact) mass is 533 g/mol. The summed E-state index contributed by atoms with van der Waals surface area (Å²) in [6, 6.07) is 19.7. The average molecular weight is 534 g/mol. The Morgan fingerprint density at radius 1 is 0.947 bits per heavy atom. The van der Waals surface area contributed by atoms with Crippen LogP contribution in [0.15, 0.2) is 60.7 Å². The summed E-state index contributed by atoms with van der Waals surface area (Å²) < 4.78 is 37.3. The highest BCUT2D eigenvalue weighted by atomic mass is 19.4. The van der Waals surface area contributed by atoms with Crippen LogP contribution in [0.3, 0.4) is 0 Å². The number of carboxylic acid groups (broad SMARTS) is 1. The van der Waals surface area contributed by atoms with Crippen LogP contribution in [-0.4, -0.2) is 52.8 Å². The maximum atomic E-state index is 12.0. The number of aromatic nitrogens is 2. The van der Waals surface area contributed by atoms with E-state index in [4.69, 9.17) is 14.6 Å². The first-order valence-corrected chi connectivity index (χ1v) is 11.7. The van der Waals surface area contributed by atoms with Gasteiger partial charge >= 0.3 is 12.1 Å². The highest BCUT2D eigenvalue weighted by Crippen LogP contribution is 2.13. The van der Waals surface area contributed by atoms with Crippen LogP contribution in [0.4, 0.5) is 24.9 Å². The molecule has 1 aromatic heterocycles. The molecule has 0 saturated heterocycles. The maximum Gasteiger partial charge on any atom is 0.490 e. The molecule has 12 heteroatoms. The van der Waals surface area contributed by atoms with Gasteiger partial charge in [-0.25, -0.2) is 9.78 Å². The van der Waals surface area contributed by atoms with Gasteiger partial charge < -0.3 is 25.8 Å². The molecule has 2 aromatic carbocycles. The predicted molar refractivity (Wildman–Crippen MR) is 137 cm³/mol. The number of rotatable bonds is 11.